The summed E-state index contributed by atoms with van der Waals surface area (Å²) in [5, 5.41) is 15.8. The molecule has 4 aromatic rings. The molecule has 0 spiro atoms. The van der Waals surface area contributed by atoms with Gasteiger partial charge in [-0.1, -0.05) is 35.3 Å². The molecule has 0 atom stereocenters. The highest BCUT2D eigenvalue weighted by molar-refractivity contribution is 6.31. The molecule has 24 heavy (non-hydrogen) atoms. The maximum absolute atomic E-state index is 6.08. The summed E-state index contributed by atoms with van der Waals surface area (Å²) in [5.74, 6) is 1.03. The Morgan fingerprint density at radius 2 is 1.92 bits per heavy atom. The molecule has 9 heteroatoms. The summed E-state index contributed by atoms with van der Waals surface area (Å²) in [6.45, 7) is 0.487. The molecule has 0 radical (unpaired) electrons. The molecule has 0 fully saturated rings. The Morgan fingerprint density at radius 1 is 1.08 bits per heavy atom. The minimum Gasteiger partial charge on any atom is -0.472 e. The molecule has 4 rings (SSSR count). The molecule has 0 saturated heterocycles. The first kappa shape index (κ1) is 14.9. The number of furan rings is 1. The van der Waals surface area contributed by atoms with Crippen molar-refractivity contribution in [2.24, 2.45) is 0 Å². The largest absolute Gasteiger partial charge is 0.472 e. The second-order valence-electron chi connectivity index (χ2n) is 5.02. The van der Waals surface area contributed by atoms with Crippen LogP contribution < -0.4 is 0 Å². The third kappa shape index (κ3) is 2.79. The number of aromatic amines is 1. The molecule has 120 valence electrons. The van der Waals surface area contributed by atoms with E-state index in [1.54, 1.807) is 23.3 Å². The molecular weight excluding hydrogens is 351 g/mol. The second kappa shape index (κ2) is 6.10. The molecular formula is C15H10Cl2N6O. The van der Waals surface area contributed by atoms with Crippen molar-refractivity contribution in [3.63, 3.8) is 0 Å². The summed E-state index contributed by atoms with van der Waals surface area (Å²) in [6.07, 6.45) is 3.15. The highest BCUT2D eigenvalue weighted by Crippen LogP contribution is 2.26. The second-order valence-corrected chi connectivity index (χ2v) is 5.81. The zero-order chi connectivity index (χ0) is 16.5. The lowest BCUT2D eigenvalue weighted by Crippen LogP contribution is -2.04. The van der Waals surface area contributed by atoms with Crippen LogP contribution >= 0.6 is 23.2 Å². The summed E-state index contributed by atoms with van der Waals surface area (Å²) in [5.41, 5.74) is 2.22. The standard InChI is InChI=1S/C15H10Cl2N6O/c16-11-3-1-9(2-4-11)7-23-15(12-13(17)20-22-19-12)18-14(21-23)10-5-6-24-8-10/h1-6,8H,7H2,(H,19,20,22). The van der Waals surface area contributed by atoms with Gasteiger partial charge in [0.1, 0.15) is 6.26 Å². The minimum absolute atomic E-state index is 0.235. The number of nitrogens with one attached hydrogen (secondary N) is 1. The van der Waals surface area contributed by atoms with Gasteiger partial charge in [0.25, 0.3) is 0 Å². The maximum atomic E-state index is 6.08. The smallest absolute Gasteiger partial charge is 0.185 e. The Kier molecular flexibility index (Phi) is 3.79. The molecule has 3 aromatic heterocycles. The number of nitrogens with zero attached hydrogens (tertiary/aromatic N) is 5. The average Bonchev–Trinajstić information content (AvgIpc) is 3.30. The molecule has 1 aromatic carbocycles. The molecule has 0 aliphatic rings. The van der Waals surface area contributed by atoms with E-state index in [2.05, 4.69) is 25.5 Å². The third-order valence-electron chi connectivity index (χ3n) is 3.41. The van der Waals surface area contributed by atoms with Crippen LogP contribution in [0.5, 0.6) is 0 Å². The van der Waals surface area contributed by atoms with Crippen molar-refractivity contribution >= 4 is 23.2 Å². The van der Waals surface area contributed by atoms with Gasteiger partial charge in [0, 0.05) is 5.02 Å². The van der Waals surface area contributed by atoms with Crippen molar-refractivity contribution in [2.75, 3.05) is 0 Å². The Bertz CT molecular complexity index is 958. The molecule has 0 amide bonds. The fraction of sp³-hybridized carbons (Fsp3) is 0.0667. The summed E-state index contributed by atoms with van der Waals surface area (Å²) < 4.78 is 6.82. The number of aromatic nitrogens is 6. The lowest BCUT2D eigenvalue weighted by atomic mass is 10.2. The van der Waals surface area contributed by atoms with Crippen LogP contribution in [0.2, 0.25) is 10.2 Å². The molecule has 0 saturated carbocycles. The average molecular weight is 361 g/mol. The fourth-order valence-electron chi connectivity index (χ4n) is 2.26. The van der Waals surface area contributed by atoms with Gasteiger partial charge in [-0.2, -0.15) is 10.3 Å². The van der Waals surface area contributed by atoms with Gasteiger partial charge in [-0.25, -0.2) is 9.67 Å². The van der Waals surface area contributed by atoms with Crippen LogP contribution in [0.25, 0.3) is 22.9 Å². The molecule has 1 N–H and O–H groups in total. The molecule has 0 aliphatic heterocycles. The fourth-order valence-corrected chi connectivity index (χ4v) is 2.56. The van der Waals surface area contributed by atoms with Crippen LogP contribution in [0.1, 0.15) is 5.56 Å². The van der Waals surface area contributed by atoms with E-state index in [0.29, 0.717) is 28.9 Å². The van der Waals surface area contributed by atoms with E-state index in [1.807, 2.05) is 24.3 Å². The van der Waals surface area contributed by atoms with Crippen molar-refractivity contribution in [1.29, 1.82) is 0 Å². The number of hydrogen-bond acceptors (Lipinski definition) is 5. The number of rotatable bonds is 4. The van der Waals surface area contributed by atoms with Crippen LogP contribution in [0.15, 0.2) is 47.3 Å². The monoisotopic (exact) mass is 360 g/mol. The normalized spacial score (nSPS) is 11.1. The van der Waals surface area contributed by atoms with Crippen molar-refractivity contribution in [1.82, 2.24) is 30.2 Å². The predicted octanol–water partition coefficient (Wildman–Crippen LogP) is 3.68. The van der Waals surface area contributed by atoms with E-state index in [-0.39, 0.29) is 5.15 Å². The zero-order valence-electron chi connectivity index (χ0n) is 12.1. The van der Waals surface area contributed by atoms with Crippen molar-refractivity contribution in [2.45, 2.75) is 6.54 Å². The van der Waals surface area contributed by atoms with E-state index in [1.165, 1.54) is 0 Å². The van der Waals surface area contributed by atoms with E-state index < -0.39 is 0 Å². The molecule has 0 unspecified atom stereocenters. The van der Waals surface area contributed by atoms with E-state index >= 15 is 0 Å². The number of hydrogen-bond donors (Lipinski definition) is 1. The van der Waals surface area contributed by atoms with E-state index in [0.717, 1.165) is 11.1 Å². The Labute approximate surface area is 146 Å². The first-order valence-electron chi connectivity index (χ1n) is 6.99. The third-order valence-corrected chi connectivity index (χ3v) is 3.93. The first-order valence-corrected chi connectivity index (χ1v) is 7.75. The van der Waals surface area contributed by atoms with E-state index in [4.69, 9.17) is 27.6 Å². The lowest BCUT2D eigenvalue weighted by Gasteiger charge is -2.04. The van der Waals surface area contributed by atoms with Gasteiger partial charge in [-0.3, -0.25) is 0 Å². The molecule has 0 bridgehead atoms. The quantitative estimate of drug-likeness (QED) is 0.599. The molecule has 3 heterocycles. The van der Waals surface area contributed by atoms with Gasteiger partial charge in [0.2, 0.25) is 0 Å². The Hall–Kier alpha value is -2.64. The van der Waals surface area contributed by atoms with E-state index in [9.17, 15) is 0 Å². The van der Waals surface area contributed by atoms with Crippen LogP contribution in [0, 0.1) is 0 Å². The first-order chi connectivity index (χ1) is 11.7. The molecule has 7 nitrogen and oxygen atoms in total. The van der Waals surface area contributed by atoms with Crippen LogP contribution in [0.4, 0.5) is 0 Å². The maximum Gasteiger partial charge on any atom is 0.185 e. The highest BCUT2D eigenvalue weighted by Gasteiger charge is 2.19. The van der Waals surface area contributed by atoms with Gasteiger partial charge < -0.3 is 4.42 Å². The predicted molar refractivity (Wildman–Crippen MR) is 88.7 cm³/mol. The summed E-state index contributed by atoms with van der Waals surface area (Å²) in [6, 6.07) is 9.29. The van der Waals surface area contributed by atoms with Gasteiger partial charge in [-0.05, 0) is 23.8 Å². The number of H-pyrrole nitrogens is 1. The van der Waals surface area contributed by atoms with Gasteiger partial charge in [-0.15, -0.1) is 10.2 Å². The van der Waals surface area contributed by atoms with Crippen LogP contribution in [0.3, 0.4) is 0 Å². The van der Waals surface area contributed by atoms with Gasteiger partial charge >= 0.3 is 0 Å². The van der Waals surface area contributed by atoms with Gasteiger partial charge in [0.15, 0.2) is 22.5 Å². The minimum atomic E-state index is 0.235. The number of halogens is 2. The summed E-state index contributed by atoms with van der Waals surface area (Å²) >= 11 is 12.0. The zero-order valence-corrected chi connectivity index (χ0v) is 13.7. The topological polar surface area (TPSA) is 85.4 Å². The van der Waals surface area contributed by atoms with Crippen LogP contribution in [-0.4, -0.2) is 30.2 Å². The SMILES string of the molecule is Clc1ccc(Cn2nc(-c3ccoc3)nc2-c2n[nH]nc2Cl)cc1. The van der Waals surface area contributed by atoms with Crippen molar-refractivity contribution < 1.29 is 4.42 Å². The van der Waals surface area contributed by atoms with Crippen molar-refractivity contribution in [3.05, 3.63) is 58.6 Å². The summed E-state index contributed by atoms with van der Waals surface area (Å²) in [4.78, 5) is 4.53. The summed E-state index contributed by atoms with van der Waals surface area (Å²) in [7, 11) is 0. The lowest BCUT2D eigenvalue weighted by molar-refractivity contribution is 0.568. The Balaban J connectivity index is 1.79. The Morgan fingerprint density at radius 3 is 2.58 bits per heavy atom. The highest BCUT2D eigenvalue weighted by atomic mass is 35.5. The molecule has 0 aliphatic carbocycles. The van der Waals surface area contributed by atoms with Crippen LogP contribution in [-0.2, 0) is 6.54 Å². The van der Waals surface area contributed by atoms with Crippen molar-refractivity contribution in [3.8, 4) is 22.9 Å². The number of benzene rings is 1. The van der Waals surface area contributed by atoms with Gasteiger partial charge in [0.05, 0.1) is 18.4 Å².